The van der Waals surface area contributed by atoms with Crippen LogP contribution in [0.3, 0.4) is 0 Å². The van der Waals surface area contributed by atoms with Crippen LogP contribution in [0.4, 0.5) is 5.69 Å². The molecule has 2 heterocycles. The lowest BCUT2D eigenvalue weighted by Gasteiger charge is -2.33. The fraction of sp³-hybridized carbons (Fsp3) is 0.556. The van der Waals surface area contributed by atoms with Gasteiger partial charge in [-0.05, 0) is 31.0 Å². The molecule has 3 rings (SSSR count). The van der Waals surface area contributed by atoms with Crippen molar-refractivity contribution in [1.82, 2.24) is 15.5 Å². The van der Waals surface area contributed by atoms with E-state index >= 15 is 0 Å². The minimum Gasteiger partial charge on any atom is -0.351 e. The molecule has 2 amide bonds. The van der Waals surface area contributed by atoms with Gasteiger partial charge in [0.25, 0.3) is 0 Å². The average Bonchev–Trinajstić information content (AvgIpc) is 3.02. The normalized spacial score (nSPS) is 22.0. The Morgan fingerprint density at radius 1 is 1.29 bits per heavy atom. The zero-order chi connectivity index (χ0) is 16.9. The third-order valence-electron chi connectivity index (χ3n) is 4.80. The summed E-state index contributed by atoms with van der Waals surface area (Å²) in [6.45, 7) is 6.69. The van der Waals surface area contributed by atoms with E-state index in [9.17, 15) is 9.59 Å². The van der Waals surface area contributed by atoms with Crippen molar-refractivity contribution >= 4 is 17.5 Å². The van der Waals surface area contributed by atoms with Crippen LogP contribution >= 0.6 is 0 Å². The molecule has 0 aromatic heterocycles. The fourth-order valence-corrected chi connectivity index (χ4v) is 3.27. The summed E-state index contributed by atoms with van der Waals surface area (Å²) >= 11 is 0. The predicted molar refractivity (Wildman–Crippen MR) is 93.8 cm³/mol. The van der Waals surface area contributed by atoms with Crippen molar-refractivity contribution in [3.63, 3.8) is 0 Å². The molecule has 0 radical (unpaired) electrons. The Morgan fingerprint density at radius 3 is 2.75 bits per heavy atom. The maximum absolute atomic E-state index is 12.1. The smallest absolute Gasteiger partial charge is 0.234 e. The van der Waals surface area contributed by atoms with E-state index in [0.29, 0.717) is 25.6 Å². The highest BCUT2D eigenvalue weighted by atomic mass is 16.2. The average molecular weight is 330 g/mol. The van der Waals surface area contributed by atoms with E-state index in [4.69, 9.17) is 0 Å². The monoisotopic (exact) mass is 330 g/mol. The molecule has 2 N–H and O–H groups in total. The van der Waals surface area contributed by atoms with Gasteiger partial charge >= 0.3 is 0 Å². The molecule has 2 aliphatic rings. The quantitative estimate of drug-likeness (QED) is 0.835. The predicted octanol–water partition coefficient (Wildman–Crippen LogP) is 0.723. The summed E-state index contributed by atoms with van der Waals surface area (Å²) in [5.41, 5.74) is 1.99. The summed E-state index contributed by atoms with van der Waals surface area (Å²) < 4.78 is 0. The summed E-state index contributed by atoms with van der Waals surface area (Å²) in [6.07, 6.45) is 1.57. The SMILES string of the molecule is C[C@@H]1CNCCN1CC(=O)NCc1ccc(N2CCCC2=O)cc1. The maximum Gasteiger partial charge on any atom is 0.234 e. The van der Waals surface area contributed by atoms with Gasteiger partial charge in [-0.15, -0.1) is 0 Å². The molecule has 0 saturated carbocycles. The topological polar surface area (TPSA) is 64.7 Å². The van der Waals surface area contributed by atoms with Gasteiger partial charge in [-0.2, -0.15) is 0 Å². The van der Waals surface area contributed by atoms with Crippen LogP contribution in [0.15, 0.2) is 24.3 Å². The lowest BCUT2D eigenvalue weighted by molar-refractivity contribution is -0.123. The first-order valence-electron chi connectivity index (χ1n) is 8.74. The van der Waals surface area contributed by atoms with Gasteiger partial charge in [0.15, 0.2) is 0 Å². The van der Waals surface area contributed by atoms with Crippen LogP contribution in [0.5, 0.6) is 0 Å². The van der Waals surface area contributed by atoms with Crippen molar-refractivity contribution in [2.75, 3.05) is 37.6 Å². The van der Waals surface area contributed by atoms with E-state index in [1.165, 1.54) is 0 Å². The molecule has 0 unspecified atom stereocenters. The Labute approximate surface area is 143 Å². The highest BCUT2D eigenvalue weighted by molar-refractivity contribution is 5.95. The molecule has 2 saturated heterocycles. The molecule has 0 aliphatic carbocycles. The van der Waals surface area contributed by atoms with Crippen LogP contribution in [0.2, 0.25) is 0 Å². The number of carbonyl (C=O) groups is 2. The van der Waals surface area contributed by atoms with Crippen LogP contribution in [-0.2, 0) is 16.1 Å². The first kappa shape index (κ1) is 16.9. The molecule has 0 spiro atoms. The van der Waals surface area contributed by atoms with Crippen molar-refractivity contribution in [1.29, 1.82) is 0 Å². The Morgan fingerprint density at radius 2 is 2.08 bits per heavy atom. The summed E-state index contributed by atoms with van der Waals surface area (Å²) in [4.78, 5) is 27.9. The molecule has 1 aromatic rings. The summed E-state index contributed by atoms with van der Waals surface area (Å²) in [5, 5.41) is 6.31. The van der Waals surface area contributed by atoms with Gasteiger partial charge in [0, 0.05) is 50.9 Å². The van der Waals surface area contributed by atoms with Gasteiger partial charge in [-0.1, -0.05) is 12.1 Å². The number of benzene rings is 1. The molecule has 6 nitrogen and oxygen atoms in total. The van der Waals surface area contributed by atoms with Gasteiger partial charge in [0.05, 0.1) is 6.54 Å². The molecule has 1 aromatic carbocycles. The standard InChI is InChI=1S/C18H26N4O2/c1-14-11-19-8-10-21(14)13-17(23)20-12-15-4-6-16(7-5-15)22-9-2-3-18(22)24/h4-7,14,19H,2-3,8-13H2,1H3,(H,20,23)/t14-/m1/s1. The summed E-state index contributed by atoms with van der Waals surface area (Å²) in [6, 6.07) is 8.27. The number of hydrogen-bond acceptors (Lipinski definition) is 4. The van der Waals surface area contributed by atoms with E-state index in [-0.39, 0.29) is 11.8 Å². The van der Waals surface area contributed by atoms with Crippen LogP contribution < -0.4 is 15.5 Å². The molecule has 130 valence electrons. The lowest BCUT2D eigenvalue weighted by atomic mass is 10.2. The molecule has 1 atom stereocenters. The Hall–Kier alpha value is -1.92. The first-order valence-corrected chi connectivity index (χ1v) is 8.74. The van der Waals surface area contributed by atoms with Crippen LogP contribution in [-0.4, -0.2) is 55.5 Å². The van der Waals surface area contributed by atoms with Gasteiger partial charge in [-0.25, -0.2) is 0 Å². The largest absolute Gasteiger partial charge is 0.351 e. The minimum absolute atomic E-state index is 0.0579. The zero-order valence-electron chi connectivity index (χ0n) is 14.3. The van der Waals surface area contributed by atoms with E-state index in [2.05, 4.69) is 22.5 Å². The second-order valence-corrected chi connectivity index (χ2v) is 6.62. The van der Waals surface area contributed by atoms with Crippen LogP contribution in [0, 0.1) is 0 Å². The lowest BCUT2D eigenvalue weighted by Crippen LogP contribution is -2.52. The molecule has 24 heavy (non-hydrogen) atoms. The van der Waals surface area contributed by atoms with E-state index in [1.54, 1.807) is 0 Å². The van der Waals surface area contributed by atoms with Gasteiger partial charge in [-0.3, -0.25) is 14.5 Å². The van der Waals surface area contributed by atoms with Crippen LogP contribution in [0.25, 0.3) is 0 Å². The van der Waals surface area contributed by atoms with E-state index in [1.807, 2.05) is 29.2 Å². The second-order valence-electron chi connectivity index (χ2n) is 6.62. The van der Waals surface area contributed by atoms with Gasteiger partial charge < -0.3 is 15.5 Å². The highest BCUT2D eigenvalue weighted by Gasteiger charge is 2.22. The number of nitrogens with zero attached hydrogens (tertiary/aromatic N) is 2. The number of nitrogens with one attached hydrogen (secondary N) is 2. The molecule has 2 fully saturated rings. The Kier molecular flexibility index (Phi) is 5.48. The second kappa shape index (κ2) is 7.77. The third kappa shape index (κ3) is 4.13. The van der Waals surface area contributed by atoms with E-state index in [0.717, 1.165) is 43.9 Å². The zero-order valence-corrected chi connectivity index (χ0v) is 14.3. The fourth-order valence-electron chi connectivity index (χ4n) is 3.27. The first-order chi connectivity index (χ1) is 11.6. The van der Waals surface area contributed by atoms with Gasteiger partial charge in [0.1, 0.15) is 0 Å². The number of rotatable bonds is 5. The molecule has 0 bridgehead atoms. The number of carbonyl (C=O) groups excluding carboxylic acids is 2. The number of amides is 2. The molecule has 6 heteroatoms. The summed E-state index contributed by atoms with van der Waals surface area (Å²) in [5.74, 6) is 0.253. The summed E-state index contributed by atoms with van der Waals surface area (Å²) in [7, 11) is 0. The minimum atomic E-state index is 0.0579. The van der Waals surface area contributed by atoms with Crippen LogP contribution in [0.1, 0.15) is 25.3 Å². The number of anilines is 1. The van der Waals surface area contributed by atoms with Gasteiger partial charge in [0.2, 0.25) is 11.8 Å². The Balaban J connectivity index is 1.47. The maximum atomic E-state index is 12.1. The van der Waals surface area contributed by atoms with Crippen molar-refractivity contribution in [2.24, 2.45) is 0 Å². The van der Waals surface area contributed by atoms with Crippen molar-refractivity contribution in [2.45, 2.75) is 32.4 Å². The van der Waals surface area contributed by atoms with Crippen molar-refractivity contribution in [3.05, 3.63) is 29.8 Å². The Bertz CT molecular complexity index is 587. The number of piperazine rings is 1. The molecular weight excluding hydrogens is 304 g/mol. The highest BCUT2D eigenvalue weighted by Crippen LogP contribution is 2.21. The third-order valence-corrected chi connectivity index (χ3v) is 4.80. The van der Waals surface area contributed by atoms with Crippen molar-refractivity contribution < 1.29 is 9.59 Å². The molecular formula is C18H26N4O2. The van der Waals surface area contributed by atoms with Crippen molar-refractivity contribution in [3.8, 4) is 0 Å². The number of hydrogen-bond donors (Lipinski definition) is 2. The van der Waals surface area contributed by atoms with E-state index < -0.39 is 0 Å². The molecule has 2 aliphatic heterocycles.